The van der Waals surface area contributed by atoms with Gasteiger partial charge in [-0.15, -0.1) is 0 Å². The molecule has 0 aromatic carbocycles. The molecular formula is C28H52O. The Morgan fingerprint density at radius 3 is 1.17 bits per heavy atom. The molecule has 1 N–H and O–H groups in total. The molecule has 0 atom stereocenters. The van der Waals surface area contributed by atoms with E-state index in [0.717, 1.165) is 12.8 Å². The highest BCUT2D eigenvalue weighted by atomic mass is 16.2. The highest BCUT2D eigenvalue weighted by Gasteiger charge is 1.91. The molecule has 0 heterocycles. The van der Waals surface area contributed by atoms with Crippen molar-refractivity contribution in [3.8, 4) is 0 Å². The summed E-state index contributed by atoms with van der Waals surface area (Å²) in [6, 6.07) is 0. The summed E-state index contributed by atoms with van der Waals surface area (Å²) in [5.41, 5.74) is 0. The Bertz CT molecular complexity index is 367. The van der Waals surface area contributed by atoms with Gasteiger partial charge in [0.25, 0.3) is 0 Å². The van der Waals surface area contributed by atoms with E-state index < -0.39 is 0 Å². The first-order valence-electron chi connectivity index (χ1n) is 13.0. The second-order valence-electron chi connectivity index (χ2n) is 8.48. The van der Waals surface area contributed by atoms with E-state index in [0.29, 0.717) is 6.61 Å². The third kappa shape index (κ3) is 27.2. The lowest BCUT2D eigenvalue weighted by molar-refractivity contribution is 0.282. The van der Waals surface area contributed by atoms with Gasteiger partial charge >= 0.3 is 0 Å². The maximum absolute atomic E-state index is 8.74. The first-order valence-corrected chi connectivity index (χ1v) is 13.0. The van der Waals surface area contributed by atoms with E-state index in [9.17, 15) is 0 Å². The summed E-state index contributed by atoms with van der Waals surface area (Å²) >= 11 is 0. The van der Waals surface area contributed by atoms with Crippen LogP contribution in [-0.4, -0.2) is 11.7 Å². The minimum absolute atomic E-state index is 0.361. The maximum atomic E-state index is 8.74. The molecule has 0 radical (unpaired) electrons. The van der Waals surface area contributed by atoms with E-state index in [-0.39, 0.29) is 0 Å². The second kappa shape index (κ2) is 27.2. The molecule has 0 saturated carbocycles. The number of hydrogen-bond acceptors (Lipinski definition) is 1. The number of hydrogen-bond donors (Lipinski definition) is 1. The van der Waals surface area contributed by atoms with Crippen LogP contribution in [-0.2, 0) is 0 Å². The molecule has 1 nitrogen and oxygen atoms in total. The zero-order valence-electron chi connectivity index (χ0n) is 19.8. The van der Waals surface area contributed by atoms with E-state index >= 15 is 0 Å². The molecule has 0 aliphatic heterocycles. The van der Waals surface area contributed by atoms with Gasteiger partial charge in [0.15, 0.2) is 0 Å². The van der Waals surface area contributed by atoms with Crippen molar-refractivity contribution in [1.82, 2.24) is 0 Å². The summed E-state index contributed by atoms with van der Waals surface area (Å²) in [7, 11) is 0. The lowest BCUT2D eigenvalue weighted by atomic mass is 10.1. The average Bonchev–Trinajstić information content (AvgIpc) is 2.74. The fraction of sp³-hybridized carbons (Fsp3) is 0.786. The first-order chi connectivity index (χ1) is 14.4. The summed E-state index contributed by atoms with van der Waals surface area (Å²) < 4.78 is 0. The molecule has 1 heteroatoms. The molecule has 170 valence electrons. The monoisotopic (exact) mass is 404 g/mol. The van der Waals surface area contributed by atoms with E-state index in [4.69, 9.17) is 5.11 Å². The standard InChI is InChI=1S/C28H52O/c1-2-3-4-5-6-7-8-9-10-11-12-13-14-15-16-17-18-19-20-21-22-23-24-25-26-27-28-29/h6-7,9-10,18-19,29H,2-5,8,11-17,20-28H2,1H3/b7-6+,10-9+,19-18+. The van der Waals surface area contributed by atoms with E-state index in [1.54, 1.807) is 0 Å². The highest BCUT2D eigenvalue weighted by molar-refractivity contribution is 4.92. The van der Waals surface area contributed by atoms with Crippen molar-refractivity contribution in [3.05, 3.63) is 36.5 Å². The average molecular weight is 405 g/mol. The van der Waals surface area contributed by atoms with Gasteiger partial charge in [0, 0.05) is 6.61 Å². The molecule has 0 spiro atoms. The summed E-state index contributed by atoms with van der Waals surface area (Å²) in [6.45, 7) is 2.62. The Balaban J connectivity index is 3.17. The molecule has 0 fully saturated rings. The van der Waals surface area contributed by atoms with Crippen LogP contribution in [0.4, 0.5) is 0 Å². The zero-order chi connectivity index (χ0) is 21.1. The van der Waals surface area contributed by atoms with E-state index in [1.807, 2.05) is 0 Å². The third-order valence-electron chi connectivity index (χ3n) is 5.52. The number of allylic oxidation sites excluding steroid dienone is 6. The van der Waals surface area contributed by atoms with E-state index in [1.165, 1.54) is 116 Å². The third-order valence-corrected chi connectivity index (χ3v) is 5.52. The molecule has 0 bridgehead atoms. The molecule has 0 saturated heterocycles. The Morgan fingerprint density at radius 2 is 0.759 bits per heavy atom. The van der Waals surface area contributed by atoms with E-state index in [2.05, 4.69) is 43.4 Å². The Labute approximate surface area is 183 Å². The smallest absolute Gasteiger partial charge is 0.0431 e. The second-order valence-corrected chi connectivity index (χ2v) is 8.48. The van der Waals surface area contributed by atoms with Gasteiger partial charge in [0.2, 0.25) is 0 Å². The molecule has 29 heavy (non-hydrogen) atoms. The predicted octanol–water partition coefficient (Wildman–Crippen LogP) is 9.47. The molecule has 0 aliphatic carbocycles. The fourth-order valence-corrected chi connectivity index (χ4v) is 3.57. The van der Waals surface area contributed by atoms with Crippen LogP contribution in [0.5, 0.6) is 0 Å². The Kier molecular flexibility index (Phi) is 26.4. The van der Waals surface area contributed by atoms with Gasteiger partial charge in [0.05, 0.1) is 0 Å². The zero-order valence-corrected chi connectivity index (χ0v) is 19.8. The molecule has 0 amide bonds. The minimum atomic E-state index is 0.361. The molecular weight excluding hydrogens is 352 g/mol. The number of aliphatic hydroxyl groups is 1. The van der Waals surface area contributed by atoms with Crippen LogP contribution >= 0.6 is 0 Å². The number of rotatable bonds is 23. The SMILES string of the molecule is CCCCC/C=C/C/C=C/CCCCCCC/C=C/CCCCCCCCCO. The van der Waals surface area contributed by atoms with Gasteiger partial charge in [-0.25, -0.2) is 0 Å². The normalized spacial score (nSPS) is 12.2. The van der Waals surface area contributed by atoms with Crippen molar-refractivity contribution >= 4 is 0 Å². The van der Waals surface area contributed by atoms with Crippen LogP contribution in [0.25, 0.3) is 0 Å². The van der Waals surface area contributed by atoms with Crippen molar-refractivity contribution in [2.45, 2.75) is 135 Å². The van der Waals surface area contributed by atoms with Crippen molar-refractivity contribution in [2.75, 3.05) is 6.61 Å². The minimum Gasteiger partial charge on any atom is -0.396 e. The van der Waals surface area contributed by atoms with Gasteiger partial charge in [-0.05, 0) is 64.2 Å². The molecule has 0 aliphatic rings. The lowest BCUT2D eigenvalue weighted by Gasteiger charge is -2.00. The van der Waals surface area contributed by atoms with Gasteiger partial charge in [0.1, 0.15) is 0 Å². The van der Waals surface area contributed by atoms with Crippen LogP contribution in [0, 0.1) is 0 Å². The Hall–Kier alpha value is -0.820. The summed E-state index contributed by atoms with van der Waals surface area (Å²) in [5, 5.41) is 8.74. The van der Waals surface area contributed by atoms with Crippen molar-refractivity contribution < 1.29 is 5.11 Å². The van der Waals surface area contributed by atoms with Gasteiger partial charge in [-0.2, -0.15) is 0 Å². The topological polar surface area (TPSA) is 20.2 Å². The van der Waals surface area contributed by atoms with Gasteiger partial charge in [-0.1, -0.05) is 108 Å². The maximum Gasteiger partial charge on any atom is 0.0431 e. The molecule has 0 aromatic rings. The van der Waals surface area contributed by atoms with Crippen molar-refractivity contribution in [1.29, 1.82) is 0 Å². The van der Waals surface area contributed by atoms with Crippen LogP contribution < -0.4 is 0 Å². The van der Waals surface area contributed by atoms with Crippen molar-refractivity contribution in [2.24, 2.45) is 0 Å². The molecule has 0 aromatic heterocycles. The van der Waals surface area contributed by atoms with Gasteiger partial charge < -0.3 is 5.11 Å². The summed E-state index contributed by atoms with van der Waals surface area (Å²) in [6.07, 6.45) is 40.1. The fourth-order valence-electron chi connectivity index (χ4n) is 3.57. The van der Waals surface area contributed by atoms with Crippen LogP contribution in [0.2, 0.25) is 0 Å². The van der Waals surface area contributed by atoms with Crippen molar-refractivity contribution in [3.63, 3.8) is 0 Å². The van der Waals surface area contributed by atoms with Gasteiger partial charge in [-0.3, -0.25) is 0 Å². The number of aliphatic hydroxyl groups excluding tert-OH is 1. The quantitative estimate of drug-likeness (QED) is 0.133. The largest absolute Gasteiger partial charge is 0.396 e. The Morgan fingerprint density at radius 1 is 0.414 bits per heavy atom. The summed E-state index contributed by atoms with van der Waals surface area (Å²) in [5.74, 6) is 0. The predicted molar refractivity (Wildman–Crippen MR) is 133 cm³/mol. The molecule has 0 unspecified atom stereocenters. The highest BCUT2D eigenvalue weighted by Crippen LogP contribution is 2.11. The molecule has 0 rings (SSSR count). The van der Waals surface area contributed by atoms with Crippen LogP contribution in [0.3, 0.4) is 0 Å². The summed E-state index contributed by atoms with van der Waals surface area (Å²) in [4.78, 5) is 0. The van der Waals surface area contributed by atoms with Crippen LogP contribution in [0.15, 0.2) is 36.5 Å². The lowest BCUT2D eigenvalue weighted by Crippen LogP contribution is -1.83. The first kappa shape index (κ1) is 28.2. The van der Waals surface area contributed by atoms with Crippen LogP contribution in [0.1, 0.15) is 135 Å². The number of unbranched alkanes of at least 4 members (excludes halogenated alkanes) is 16.